The van der Waals surface area contributed by atoms with Crippen LogP contribution in [0, 0.1) is 13.8 Å². The van der Waals surface area contributed by atoms with Crippen molar-refractivity contribution in [1.82, 2.24) is 0 Å². The number of phenols is 1. The molecule has 0 spiro atoms. The first kappa shape index (κ1) is 14.4. The molecule has 0 heterocycles. The minimum absolute atomic E-state index is 0.000746. The number of carbonyl (C=O) groups excluding carboxylic acids is 1. The van der Waals surface area contributed by atoms with Crippen LogP contribution in [0.5, 0.6) is 5.75 Å². The SMILES string of the molecule is Cc1ccc(C)c(CC(=O)Nc2ccc(O)c(Cl)c2)c1. The highest BCUT2D eigenvalue weighted by Crippen LogP contribution is 2.26. The summed E-state index contributed by atoms with van der Waals surface area (Å²) in [4.78, 5) is 12.0. The fourth-order valence-corrected chi connectivity index (χ4v) is 2.13. The van der Waals surface area contributed by atoms with Crippen molar-refractivity contribution in [2.24, 2.45) is 0 Å². The van der Waals surface area contributed by atoms with Gasteiger partial charge in [0.2, 0.25) is 5.91 Å². The van der Waals surface area contributed by atoms with Gasteiger partial charge in [0, 0.05) is 5.69 Å². The number of halogens is 1. The number of hydrogen-bond acceptors (Lipinski definition) is 2. The second kappa shape index (κ2) is 5.97. The van der Waals surface area contributed by atoms with Gasteiger partial charge in [0.25, 0.3) is 0 Å². The number of anilines is 1. The molecule has 104 valence electrons. The molecule has 0 fully saturated rings. The normalized spacial score (nSPS) is 10.3. The summed E-state index contributed by atoms with van der Waals surface area (Å²) in [7, 11) is 0. The van der Waals surface area contributed by atoms with Gasteiger partial charge in [-0.2, -0.15) is 0 Å². The number of hydrogen-bond donors (Lipinski definition) is 2. The van der Waals surface area contributed by atoms with Gasteiger partial charge in [-0.05, 0) is 43.2 Å². The van der Waals surface area contributed by atoms with Crippen LogP contribution in [0.25, 0.3) is 0 Å². The Bertz CT molecular complexity index is 653. The van der Waals surface area contributed by atoms with Gasteiger partial charge >= 0.3 is 0 Å². The first-order valence-electron chi connectivity index (χ1n) is 6.30. The Labute approximate surface area is 123 Å². The van der Waals surface area contributed by atoms with E-state index in [0.29, 0.717) is 12.1 Å². The average Bonchev–Trinajstić information content (AvgIpc) is 2.38. The predicted octanol–water partition coefficient (Wildman–Crippen LogP) is 3.84. The van der Waals surface area contributed by atoms with E-state index in [1.165, 1.54) is 12.1 Å². The van der Waals surface area contributed by atoms with Crippen molar-refractivity contribution in [2.45, 2.75) is 20.3 Å². The highest BCUT2D eigenvalue weighted by atomic mass is 35.5. The molecular formula is C16H16ClNO2. The monoisotopic (exact) mass is 289 g/mol. The largest absolute Gasteiger partial charge is 0.506 e. The van der Waals surface area contributed by atoms with Crippen LogP contribution in [0.15, 0.2) is 36.4 Å². The highest BCUT2D eigenvalue weighted by molar-refractivity contribution is 6.32. The fraction of sp³-hybridized carbons (Fsp3) is 0.188. The maximum absolute atomic E-state index is 12.0. The molecule has 0 saturated heterocycles. The molecule has 0 radical (unpaired) electrons. The van der Waals surface area contributed by atoms with Gasteiger partial charge in [0.1, 0.15) is 5.75 Å². The second-order valence-corrected chi connectivity index (χ2v) is 5.23. The van der Waals surface area contributed by atoms with Crippen molar-refractivity contribution in [2.75, 3.05) is 5.32 Å². The summed E-state index contributed by atoms with van der Waals surface area (Å²) in [5.41, 5.74) is 3.80. The van der Waals surface area contributed by atoms with Crippen molar-refractivity contribution in [3.05, 3.63) is 58.1 Å². The van der Waals surface area contributed by atoms with Gasteiger partial charge in [0.05, 0.1) is 11.4 Å². The van der Waals surface area contributed by atoms with Crippen molar-refractivity contribution in [3.8, 4) is 5.75 Å². The molecule has 1 amide bonds. The van der Waals surface area contributed by atoms with Gasteiger partial charge < -0.3 is 10.4 Å². The molecule has 2 aromatic rings. The molecule has 0 aliphatic carbocycles. The van der Waals surface area contributed by atoms with Gasteiger partial charge in [-0.15, -0.1) is 0 Å². The quantitative estimate of drug-likeness (QED) is 0.843. The summed E-state index contributed by atoms with van der Waals surface area (Å²) in [5.74, 6) is -0.111. The van der Waals surface area contributed by atoms with E-state index in [1.807, 2.05) is 32.0 Å². The van der Waals surface area contributed by atoms with E-state index in [-0.39, 0.29) is 16.7 Å². The molecular weight excluding hydrogens is 274 g/mol. The lowest BCUT2D eigenvalue weighted by Crippen LogP contribution is -2.15. The van der Waals surface area contributed by atoms with E-state index in [9.17, 15) is 9.90 Å². The fourth-order valence-electron chi connectivity index (χ4n) is 1.95. The minimum Gasteiger partial charge on any atom is -0.506 e. The van der Waals surface area contributed by atoms with Gasteiger partial charge in [-0.3, -0.25) is 4.79 Å². The molecule has 4 heteroatoms. The third kappa shape index (κ3) is 3.52. The Morgan fingerprint density at radius 2 is 1.95 bits per heavy atom. The van der Waals surface area contributed by atoms with E-state index in [4.69, 9.17) is 11.6 Å². The summed E-state index contributed by atoms with van der Waals surface area (Å²) in [6, 6.07) is 10.6. The Morgan fingerprint density at radius 1 is 1.20 bits per heavy atom. The molecule has 20 heavy (non-hydrogen) atoms. The molecule has 2 N–H and O–H groups in total. The van der Waals surface area contributed by atoms with Crippen LogP contribution >= 0.6 is 11.6 Å². The summed E-state index contributed by atoms with van der Waals surface area (Å²) >= 11 is 5.80. The number of rotatable bonds is 3. The lowest BCUT2D eigenvalue weighted by molar-refractivity contribution is -0.115. The van der Waals surface area contributed by atoms with Crippen LogP contribution in [0.3, 0.4) is 0 Å². The maximum Gasteiger partial charge on any atom is 0.228 e. The summed E-state index contributed by atoms with van der Waals surface area (Å²) in [6.45, 7) is 3.99. The van der Waals surface area contributed by atoms with Crippen LogP contribution in [0.4, 0.5) is 5.69 Å². The summed E-state index contributed by atoms with van der Waals surface area (Å²) in [6.07, 6.45) is 0.312. The van der Waals surface area contributed by atoms with Gasteiger partial charge in [-0.25, -0.2) is 0 Å². The van der Waals surface area contributed by atoms with Crippen LogP contribution < -0.4 is 5.32 Å². The Hall–Kier alpha value is -2.00. The van der Waals surface area contributed by atoms with Crippen molar-refractivity contribution in [3.63, 3.8) is 0 Å². The van der Waals surface area contributed by atoms with E-state index in [0.717, 1.165) is 16.7 Å². The lowest BCUT2D eigenvalue weighted by atomic mass is 10.0. The van der Waals surface area contributed by atoms with Crippen LogP contribution in [0.2, 0.25) is 5.02 Å². The lowest BCUT2D eigenvalue weighted by Gasteiger charge is -2.09. The predicted molar refractivity (Wildman–Crippen MR) is 81.4 cm³/mol. The highest BCUT2D eigenvalue weighted by Gasteiger charge is 2.08. The number of carbonyl (C=O) groups is 1. The second-order valence-electron chi connectivity index (χ2n) is 4.82. The van der Waals surface area contributed by atoms with Gasteiger partial charge in [0.15, 0.2) is 0 Å². The first-order chi connectivity index (χ1) is 9.45. The Morgan fingerprint density at radius 3 is 2.65 bits per heavy atom. The zero-order valence-electron chi connectivity index (χ0n) is 11.4. The zero-order valence-corrected chi connectivity index (χ0v) is 12.2. The molecule has 2 rings (SSSR count). The van der Waals surface area contributed by atoms with Crippen molar-refractivity contribution in [1.29, 1.82) is 0 Å². The average molecular weight is 290 g/mol. The standard InChI is InChI=1S/C16H16ClNO2/c1-10-3-4-11(2)12(7-10)8-16(20)18-13-5-6-15(19)14(17)9-13/h3-7,9,19H,8H2,1-2H3,(H,18,20). The summed E-state index contributed by atoms with van der Waals surface area (Å²) < 4.78 is 0. The molecule has 0 unspecified atom stereocenters. The van der Waals surface area contributed by atoms with E-state index < -0.39 is 0 Å². The van der Waals surface area contributed by atoms with Crippen LogP contribution in [0.1, 0.15) is 16.7 Å². The summed E-state index contributed by atoms with van der Waals surface area (Å²) in [5, 5.41) is 12.3. The number of phenolic OH excluding ortho intramolecular Hbond substituents is 1. The first-order valence-corrected chi connectivity index (χ1v) is 6.68. The molecule has 0 aliphatic heterocycles. The molecule has 0 aliphatic rings. The molecule has 2 aromatic carbocycles. The van der Waals surface area contributed by atoms with E-state index >= 15 is 0 Å². The van der Waals surface area contributed by atoms with Crippen LogP contribution in [-0.2, 0) is 11.2 Å². The maximum atomic E-state index is 12.0. The van der Waals surface area contributed by atoms with Crippen LogP contribution in [-0.4, -0.2) is 11.0 Å². The number of aryl methyl sites for hydroxylation is 2. The molecule has 0 atom stereocenters. The molecule has 0 saturated carbocycles. The molecule has 0 bridgehead atoms. The number of nitrogens with one attached hydrogen (secondary N) is 1. The number of benzene rings is 2. The Balaban J connectivity index is 2.09. The zero-order chi connectivity index (χ0) is 14.7. The number of amides is 1. The molecule has 3 nitrogen and oxygen atoms in total. The third-order valence-electron chi connectivity index (χ3n) is 3.09. The van der Waals surface area contributed by atoms with Gasteiger partial charge in [-0.1, -0.05) is 35.4 Å². The molecule has 0 aromatic heterocycles. The smallest absolute Gasteiger partial charge is 0.228 e. The minimum atomic E-state index is -0.111. The Kier molecular flexibility index (Phi) is 4.30. The third-order valence-corrected chi connectivity index (χ3v) is 3.39. The van der Waals surface area contributed by atoms with E-state index in [1.54, 1.807) is 6.07 Å². The van der Waals surface area contributed by atoms with Crippen molar-refractivity contribution < 1.29 is 9.90 Å². The topological polar surface area (TPSA) is 49.3 Å². The van der Waals surface area contributed by atoms with E-state index in [2.05, 4.69) is 5.32 Å². The van der Waals surface area contributed by atoms with Crippen molar-refractivity contribution >= 4 is 23.2 Å². The number of aromatic hydroxyl groups is 1.